The van der Waals surface area contributed by atoms with Crippen molar-refractivity contribution in [1.29, 1.82) is 0 Å². The topological polar surface area (TPSA) is 105 Å². The zero-order chi connectivity index (χ0) is 26.4. The van der Waals surface area contributed by atoms with Crippen molar-refractivity contribution in [2.75, 3.05) is 14.2 Å². The highest BCUT2D eigenvalue weighted by atomic mass is 16.7. The van der Waals surface area contributed by atoms with Crippen molar-refractivity contribution in [3.05, 3.63) is 59.7 Å². The van der Waals surface area contributed by atoms with E-state index in [0.29, 0.717) is 13.2 Å². The van der Waals surface area contributed by atoms with Crippen LogP contribution in [-0.4, -0.2) is 73.6 Å². The fourth-order valence-electron chi connectivity index (χ4n) is 4.74. The van der Waals surface area contributed by atoms with E-state index in [-0.39, 0.29) is 12.8 Å². The molecule has 2 saturated heterocycles. The van der Waals surface area contributed by atoms with Gasteiger partial charge in [0, 0.05) is 12.8 Å². The van der Waals surface area contributed by atoms with E-state index in [0.717, 1.165) is 22.6 Å². The lowest BCUT2D eigenvalue weighted by Crippen LogP contribution is -2.54. The van der Waals surface area contributed by atoms with Gasteiger partial charge in [0.15, 0.2) is 12.6 Å². The third kappa shape index (κ3) is 7.42. The number of hydrogen-bond donors (Lipinski definition) is 2. The van der Waals surface area contributed by atoms with Gasteiger partial charge in [-0.15, -0.1) is 0 Å². The van der Waals surface area contributed by atoms with Crippen LogP contribution < -0.4 is 9.47 Å². The lowest BCUT2D eigenvalue weighted by molar-refractivity contribution is -0.315. The summed E-state index contributed by atoms with van der Waals surface area (Å²) in [6, 6.07) is 15.2. The van der Waals surface area contributed by atoms with Crippen molar-refractivity contribution in [3.63, 3.8) is 0 Å². The Kier molecular flexibility index (Phi) is 9.77. The summed E-state index contributed by atoms with van der Waals surface area (Å²) >= 11 is 0. The van der Waals surface area contributed by atoms with Gasteiger partial charge >= 0.3 is 0 Å². The standard InChI is InChI=1S/C28H38O9/c1-17-27(34-16-20-7-11-22(32-4)12-8-20)23(29)13-26(36-17)37-28-18(2)35-25(30)14-24(28)33-15-19-5-9-21(31-3)10-6-19/h5-12,17-18,23-30H,13-16H2,1-4H3/t17-,18+,23+,24+,25-,26-,27-,28+/m1/s1. The predicted molar refractivity (Wildman–Crippen MR) is 134 cm³/mol. The Morgan fingerprint density at radius 2 is 1.27 bits per heavy atom. The van der Waals surface area contributed by atoms with E-state index in [1.165, 1.54) is 0 Å². The van der Waals surface area contributed by atoms with Crippen LogP contribution in [0.1, 0.15) is 37.8 Å². The lowest BCUT2D eigenvalue weighted by atomic mass is 10.00. The summed E-state index contributed by atoms with van der Waals surface area (Å²) in [7, 11) is 3.25. The third-order valence-corrected chi connectivity index (χ3v) is 6.81. The van der Waals surface area contributed by atoms with Crippen molar-refractivity contribution >= 4 is 0 Å². The SMILES string of the molecule is COc1ccc(CO[C@H]2[C@@H](O)C[C@@H](O[C@H]3[C@H](C)O[C@@H](O)C[C@@H]3OCc3ccc(OC)cc3)O[C@@H]2C)cc1. The van der Waals surface area contributed by atoms with E-state index in [4.69, 9.17) is 33.2 Å². The minimum absolute atomic E-state index is 0.245. The summed E-state index contributed by atoms with van der Waals surface area (Å²) in [4.78, 5) is 0. The average molecular weight is 519 g/mol. The first kappa shape index (κ1) is 27.8. The number of hydrogen-bond acceptors (Lipinski definition) is 9. The van der Waals surface area contributed by atoms with Gasteiger partial charge in [-0.3, -0.25) is 0 Å². The molecule has 8 atom stereocenters. The molecule has 9 nitrogen and oxygen atoms in total. The molecule has 2 aromatic carbocycles. The van der Waals surface area contributed by atoms with Crippen LogP contribution in [0.2, 0.25) is 0 Å². The van der Waals surface area contributed by atoms with Gasteiger partial charge < -0.3 is 43.4 Å². The molecule has 0 aromatic heterocycles. The number of benzene rings is 2. The van der Waals surface area contributed by atoms with Crippen LogP contribution in [0.25, 0.3) is 0 Å². The average Bonchev–Trinajstić information content (AvgIpc) is 2.89. The molecular formula is C28H38O9. The molecule has 0 bridgehead atoms. The molecule has 2 heterocycles. The van der Waals surface area contributed by atoms with Gasteiger partial charge in [-0.25, -0.2) is 0 Å². The zero-order valence-corrected chi connectivity index (χ0v) is 21.8. The first-order valence-electron chi connectivity index (χ1n) is 12.7. The number of rotatable bonds is 10. The minimum atomic E-state index is -0.941. The summed E-state index contributed by atoms with van der Waals surface area (Å²) in [5.41, 5.74) is 1.95. The number of ether oxygens (including phenoxy) is 7. The van der Waals surface area contributed by atoms with E-state index in [1.54, 1.807) is 14.2 Å². The van der Waals surface area contributed by atoms with E-state index in [2.05, 4.69) is 0 Å². The van der Waals surface area contributed by atoms with Crippen LogP contribution in [0.4, 0.5) is 0 Å². The minimum Gasteiger partial charge on any atom is -0.497 e. The highest BCUT2D eigenvalue weighted by molar-refractivity contribution is 5.27. The largest absolute Gasteiger partial charge is 0.497 e. The fourth-order valence-corrected chi connectivity index (χ4v) is 4.74. The summed E-state index contributed by atoms with van der Waals surface area (Å²) in [6.07, 6.45) is -4.07. The van der Waals surface area contributed by atoms with Crippen LogP contribution in [0.15, 0.2) is 48.5 Å². The molecule has 4 rings (SSSR count). The molecular weight excluding hydrogens is 480 g/mol. The fraction of sp³-hybridized carbons (Fsp3) is 0.571. The molecule has 0 radical (unpaired) electrons. The third-order valence-electron chi connectivity index (χ3n) is 6.81. The molecule has 204 valence electrons. The molecule has 2 aromatic rings. The van der Waals surface area contributed by atoms with E-state index < -0.39 is 49.2 Å². The predicted octanol–water partition coefficient (Wildman–Crippen LogP) is 3.18. The van der Waals surface area contributed by atoms with Gasteiger partial charge in [0.1, 0.15) is 23.7 Å². The summed E-state index contributed by atoms with van der Waals surface area (Å²) < 4.78 is 40.5. The Morgan fingerprint density at radius 1 is 0.730 bits per heavy atom. The summed E-state index contributed by atoms with van der Waals surface area (Å²) in [5.74, 6) is 1.55. The Labute approximate surface area is 218 Å². The maximum atomic E-state index is 10.9. The van der Waals surface area contributed by atoms with Gasteiger partial charge in [-0.05, 0) is 49.2 Å². The molecule has 2 N–H and O–H groups in total. The molecule has 2 fully saturated rings. The summed E-state index contributed by atoms with van der Waals surface area (Å²) in [5, 5.41) is 21.0. The molecule has 2 aliphatic heterocycles. The molecule has 0 saturated carbocycles. The Morgan fingerprint density at radius 3 is 1.81 bits per heavy atom. The molecule has 0 amide bonds. The lowest BCUT2D eigenvalue weighted by Gasteiger charge is -2.43. The first-order chi connectivity index (χ1) is 17.9. The molecule has 0 spiro atoms. The van der Waals surface area contributed by atoms with Crippen LogP contribution in [-0.2, 0) is 36.9 Å². The van der Waals surface area contributed by atoms with Crippen molar-refractivity contribution in [2.45, 2.75) is 89.1 Å². The summed E-state index contributed by atoms with van der Waals surface area (Å²) in [6.45, 7) is 4.39. The highest BCUT2D eigenvalue weighted by Gasteiger charge is 2.43. The molecule has 9 heteroatoms. The number of aliphatic hydroxyl groups is 2. The molecule has 2 aliphatic rings. The van der Waals surface area contributed by atoms with E-state index in [9.17, 15) is 10.2 Å². The number of methoxy groups -OCH3 is 2. The van der Waals surface area contributed by atoms with Gasteiger partial charge in [0.25, 0.3) is 0 Å². The second-order valence-electron chi connectivity index (χ2n) is 9.53. The second-order valence-corrected chi connectivity index (χ2v) is 9.53. The van der Waals surface area contributed by atoms with Crippen molar-refractivity contribution < 1.29 is 43.4 Å². The van der Waals surface area contributed by atoms with Gasteiger partial charge in [-0.1, -0.05) is 24.3 Å². The molecule has 37 heavy (non-hydrogen) atoms. The second kappa shape index (κ2) is 13.0. The maximum absolute atomic E-state index is 10.9. The maximum Gasteiger partial charge on any atom is 0.161 e. The van der Waals surface area contributed by atoms with Gasteiger partial charge in [0.2, 0.25) is 0 Å². The van der Waals surface area contributed by atoms with Crippen molar-refractivity contribution in [3.8, 4) is 11.5 Å². The van der Waals surface area contributed by atoms with Crippen LogP contribution in [0.3, 0.4) is 0 Å². The van der Waals surface area contributed by atoms with Crippen molar-refractivity contribution in [1.82, 2.24) is 0 Å². The quantitative estimate of drug-likeness (QED) is 0.491. The van der Waals surface area contributed by atoms with E-state index in [1.807, 2.05) is 62.4 Å². The Bertz CT molecular complexity index is 939. The molecule has 0 aliphatic carbocycles. The van der Waals surface area contributed by atoms with Crippen LogP contribution in [0, 0.1) is 0 Å². The Balaban J connectivity index is 1.32. The first-order valence-corrected chi connectivity index (χ1v) is 12.7. The Hall–Kier alpha value is -2.24. The van der Waals surface area contributed by atoms with Crippen LogP contribution >= 0.6 is 0 Å². The number of aliphatic hydroxyl groups excluding tert-OH is 2. The van der Waals surface area contributed by atoms with Crippen LogP contribution in [0.5, 0.6) is 11.5 Å². The van der Waals surface area contributed by atoms with Gasteiger partial charge in [-0.2, -0.15) is 0 Å². The van der Waals surface area contributed by atoms with Gasteiger partial charge in [0.05, 0.1) is 51.8 Å². The molecule has 0 unspecified atom stereocenters. The smallest absolute Gasteiger partial charge is 0.161 e. The zero-order valence-electron chi connectivity index (χ0n) is 21.8. The van der Waals surface area contributed by atoms with E-state index >= 15 is 0 Å². The monoisotopic (exact) mass is 518 g/mol. The highest BCUT2D eigenvalue weighted by Crippen LogP contribution is 2.31. The normalized spacial score (nSPS) is 32.2. The van der Waals surface area contributed by atoms with Crippen molar-refractivity contribution in [2.24, 2.45) is 0 Å².